The number of benzene rings is 1. The van der Waals surface area contributed by atoms with E-state index >= 15 is 0 Å². The maximum Gasteiger partial charge on any atom is 0.246 e. The third-order valence-electron chi connectivity index (χ3n) is 4.22. The van der Waals surface area contributed by atoms with E-state index in [1.54, 1.807) is 17.4 Å². The van der Waals surface area contributed by atoms with Crippen LogP contribution < -0.4 is 0 Å². The molecule has 1 fully saturated rings. The lowest BCUT2D eigenvalue weighted by molar-refractivity contribution is 0.331. The van der Waals surface area contributed by atoms with Crippen LogP contribution in [0.5, 0.6) is 0 Å². The summed E-state index contributed by atoms with van der Waals surface area (Å²) < 4.78 is 41.7. The summed E-state index contributed by atoms with van der Waals surface area (Å²) in [6.07, 6.45) is 3.59. The van der Waals surface area contributed by atoms with E-state index in [4.69, 9.17) is 0 Å². The fourth-order valence-electron chi connectivity index (χ4n) is 3.07. The van der Waals surface area contributed by atoms with Crippen LogP contribution >= 0.6 is 11.3 Å². The van der Waals surface area contributed by atoms with Gasteiger partial charge in [-0.2, -0.15) is 4.31 Å². The Kier molecular flexibility index (Phi) is 4.85. The topological polar surface area (TPSA) is 37.4 Å². The second kappa shape index (κ2) is 6.71. The van der Waals surface area contributed by atoms with Gasteiger partial charge in [0.2, 0.25) is 10.0 Å². The Balaban J connectivity index is 2.04. The second-order valence-corrected chi connectivity index (χ2v) is 9.04. The van der Waals surface area contributed by atoms with Crippen LogP contribution in [0.2, 0.25) is 0 Å². The van der Waals surface area contributed by atoms with Crippen LogP contribution in [0.4, 0.5) is 4.39 Å². The van der Waals surface area contributed by atoms with Crippen LogP contribution in [-0.2, 0) is 10.0 Å². The molecule has 0 unspecified atom stereocenters. The first-order valence-corrected chi connectivity index (χ1v) is 10.1. The number of halogens is 1. The van der Waals surface area contributed by atoms with Gasteiger partial charge in [0, 0.05) is 16.3 Å². The van der Waals surface area contributed by atoms with Crippen LogP contribution in [0.25, 0.3) is 0 Å². The largest absolute Gasteiger partial charge is 0.246 e. The molecule has 0 bridgehead atoms. The van der Waals surface area contributed by atoms with Crippen molar-refractivity contribution in [3.05, 3.63) is 52.0 Å². The van der Waals surface area contributed by atoms with Crippen LogP contribution in [0.3, 0.4) is 0 Å². The number of rotatable bonds is 3. The molecular formula is C17H20FNO2S2. The van der Waals surface area contributed by atoms with Crippen LogP contribution in [0.1, 0.15) is 41.5 Å². The summed E-state index contributed by atoms with van der Waals surface area (Å²) in [6.45, 7) is 2.46. The van der Waals surface area contributed by atoms with Gasteiger partial charge in [0.25, 0.3) is 0 Å². The maximum atomic E-state index is 14.1. The van der Waals surface area contributed by atoms with E-state index in [2.05, 4.69) is 0 Å². The fourth-order valence-corrected chi connectivity index (χ4v) is 5.90. The molecule has 3 nitrogen and oxygen atoms in total. The highest BCUT2D eigenvalue weighted by Gasteiger charge is 2.35. The highest BCUT2D eigenvalue weighted by atomic mass is 32.2. The first-order valence-electron chi connectivity index (χ1n) is 7.83. The Morgan fingerprint density at radius 3 is 2.61 bits per heavy atom. The van der Waals surface area contributed by atoms with E-state index in [-0.39, 0.29) is 10.9 Å². The van der Waals surface area contributed by atoms with E-state index in [1.165, 1.54) is 22.5 Å². The minimum Gasteiger partial charge on any atom is -0.207 e. The zero-order valence-corrected chi connectivity index (χ0v) is 14.7. The fraction of sp³-hybridized carbons (Fsp3) is 0.412. The quantitative estimate of drug-likeness (QED) is 0.814. The molecule has 1 aliphatic heterocycles. The molecule has 1 saturated heterocycles. The molecule has 0 N–H and O–H groups in total. The van der Waals surface area contributed by atoms with Gasteiger partial charge in [-0.15, -0.1) is 11.3 Å². The molecule has 1 aromatic carbocycles. The number of thiophene rings is 1. The van der Waals surface area contributed by atoms with Crippen molar-refractivity contribution in [1.82, 2.24) is 4.31 Å². The predicted molar refractivity (Wildman–Crippen MR) is 90.6 cm³/mol. The van der Waals surface area contributed by atoms with E-state index < -0.39 is 15.8 Å². The van der Waals surface area contributed by atoms with Crippen LogP contribution in [0.15, 0.2) is 41.3 Å². The molecule has 6 heteroatoms. The molecule has 0 amide bonds. The van der Waals surface area contributed by atoms with Crippen molar-refractivity contribution >= 4 is 21.4 Å². The first-order chi connectivity index (χ1) is 11.0. The lowest BCUT2D eigenvalue weighted by Crippen LogP contribution is -2.35. The normalized spacial score (nSPS) is 20.3. The molecule has 1 aliphatic rings. The Hall–Kier alpha value is -1.24. The van der Waals surface area contributed by atoms with Crippen molar-refractivity contribution < 1.29 is 12.8 Å². The van der Waals surface area contributed by atoms with Crippen molar-refractivity contribution in [2.45, 2.75) is 43.5 Å². The summed E-state index contributed by atoms with van der Waals surface area (Å²) >= 11 is 1.62. The Bertz CT molecular complexity index is 785. The number of hydrogen-bond donors (Lipinski definition) is 0. The molecule has 0 spiro atoms. The van der Waals surface area contributed by atoms with Gasteiger partial charge in [0.1, 0.15) is 10.7 Å². The minimum absolute atomic E-state index is 0.194. The Morgan fingerprint density at radius 1 is 1.13 bits per heavy atom. The maximum absolute atomic E-state index is 14.1. The highest BCUT2D eigenvalue weighted by Crippen LogP contribution is 2.37. The summed E-state index contributed by atoms with van der Waals surface area (Å²) in [4.78, 5) is 1.98. The SMILES string of the molecule is Cc1ccc([C@@H]2CCCCCN2S(=O)(=O)c2ccccc2F)s1. The van der Waals surface area contributed by atoms with Gasteiger partial charge in [-0.3, -0.25) is 0 Å². The van der Waals surface area contributed by atoms with Gasteiger partial charge in [-0.1, -0.05) is 25.0 Å². The van der Waals surface area contributed by atoms with Crippen LogP contribution in [0, 0.1) is 12.7 Å². The molecule has 0 radical (unpaired) electrons. The monoisotopic (exact) mass is 353 g/mol. The molecule has 3 rings (SSSR count). The van der Waals surface area contributed by atoms with Gasteiger partial charge in [-0.05, 0) is 44.0 Å². The molecule has 124 valence electrons. The van der Waals surface area contributed by atoms with Gasteiger partial charge < -0.3 is 0 Å². The lowest BCUT2D eigenvalue weighted by Gasteiger charge is -2.28. The number of aryl methyl sites for hydroxylation is 1. The molecule has 1 atom stereocenters. The molecule has 1 aromatic heterocycles. The summed E-state index contributed by atoms with van der Waals surface area (Å²) in [6, 6.07) is 9.45. The van der Waals surface area contributed by atoms with Crippen molar-refractivity contribution in [2.75, 3.05) is 6.54 Å². The van der Waals surface area contributed by atoms with E-state index in [9.17, 15) is 12.8 Å². The molecule has 0 aliphatic carbocycles. The zero-order chi connectivity index (χ0) is 16.4. The van der Waals surface area contributed by atoms with Crippen molar-refractivity contribution in [1.29, 1.82) is 0 Å². The van der Waals surface area contributed by atoms with Gasteiger partial charge in [-0.25, -0.2) is 12.8 Å². The van der Waals surface area contributed by atoms with Gasteiger partial charge in [0.05, 0.1) is 6.04 Å². The Morgan fingerprint density at radius 2 is 1.91 bits per heavy atom. The van der Waals surface area contributed by atoms with E-state index in [0.29, 0.717) is 6.54 Å². The molecule has 23 heavy (non-hydrogen) atoms. The molecule has 0 saturated carbocycles. The average molecular weight is 353 g/mol. The number of hydrogen-bond acceptors (Lipinski definition) is 3. The minimum atomic E-state index is -3.84. The summed E-state index contributed by atoms with van der Waals surface area (Å²) in [5.41, 5.74) is 0. The van der Waals surface area contributed by atoms with Gasteiger partial charge >= 0.3 is 0 Å². The smallest absolute Gasteiger partial charge is 0.207 e. The third kappa shape index (κ3) is 3.34. The first kappa shape index (κ1) is 16.6. The van der Waals surface area contributed by atoms with Crippen molar-refractivity contribution in [3.8, 4) is 0 Å². The second-order valence-electron chi connectivity index (χ2n) is 5.86. The van der Waals surface area contributed by atoms with E-state index in [0.717, 1.165) is 35.4 Å². The summed E-state index contributed by atoms with van der Waals surface area (Å²) in [7, 11) is -3.84. The number of nitrogens with zero attached hydrogens (tertiary/aromatic N) is 1. The zero-order valence-electron chi connectivity index (χ0n) is 13.0. The molecule has 2 aromatic rings. The number of sulfonamides is 1. The average Bonchev–Trinajstić information content (AvgIpc) is 2.80. The highest BCUT2D eigenvalue weighted by molar-refractivity contribution is 7.89. The van der Waals surface area contributed by atoms with Crippen LogP contribution in [-0.4, -0.2) is 19.3 Å². The third-order valence-corrected chi connectivity index (χ3v) is 7.26. The molecule has 2 heterocycles. The van der Waals surface area contributed by atoms with E-state index in [1.807, 2.05) is 19.1 Å². The summed E-state index contributed by atoms with van der Waals surface area (Å²) in [5.74, 6) is -0.683. The van der Waals surface area contributed by atoms with Crippen molar-refractivity contribution in [3.63, 3.8) is 0 Å². The van der Waals surface area contributed by atoms with Gasteiger partial charge in [0.15, 0.2) is 0 Å². The standard InChI is InChI=1S/C17H20FNO2S2/c1-13-10-11-16(22-13)15-8-3-2-6-12-19(15)23(20,21)17-9-5-4-7-14(17)18/h4-5,7,9-11,15H,2-3,6,8,12H2,1H3/t15-/m0/s1. The summed E-state index contributed by atoms with van der Waals surface area (Å²) in [5, 5.41) is 0. The lowest BCUT2D eigenvalue weighted by atomic mass is 10.1. The molecular weight excluding hydrogens is 333 g/mol. The Labute approximate surface area is 140 Å². The van der Waals surface area contributed by atoms with Crippen molar-refractivity contribution in [2.24, 2.45) is 0 Å². The predicted octanol–water partition coefficient (Wildman–Crippen LogP) is 4.50.